The summed E-state index contributed by atoms with van der Waals surface area (Å²) in [5.41, 5.74) is 5.76. The molecular weight excluding hydrogens is 430 g/mol. The van der Waals surface area contributed by atoms with Crippen LogP contribution in [-0.2, 0) is 11.2 Å². The monoisotopic (exact) mass is 445 g/mol. The Balaban J connectivity index is 1.55. The van der Waals surface area contributed by atoms with Gasteiger partial charge in [0.25, 0.3) is 0 Å². The minimum atomic E-state index is -0.0617. The highest BCUT2D eigenvalue weighted by Gasteiger charge is 2.18. The summed E-state index contributed by atoms with van der Waals surface area (Å²) < 4.78 is 1.81. The molecule has 0 aliphatic rings. The third kappa shape index (κ3) is 4.05. The number of halogens is 1. The van der Waals surface area contributed by atoms with Gasteiger partial charge in [-0.1, -0.05) is 18.2 Å². The van der Waals surface area contributed by atoms with Gasteiger partial charge in [0.2, 0.25) is 11.2 Å². The van der Waals surface area contributed by atoms with Crippen molar-refractivity contribution in [1.82, 2.24) is 19.6 Å². The van der Waals surface area contributed by atoms with Gasteiger partial charge in [-0.15, -0.1) is 0 Å². The zero-order valence-electron chi connectivity index (χ0n) is 16.2. The molecule has 8 heteroatoms. The molecule has 0 aliphatic carbocycles. The third-order valence-electron chi connectivity index (χ3n) is 4.79. The van der Waals surface area contributed by atoms with Gasteiger partial charge in [-0.25, -0.2) is 14.5 Å². The van der Waals surface area contributed by atoms with Crippen LogP contribution in [0.1, 0.15) is 5.56 Å². The summed E-state index contributed by atoms with van der Waals surface area (Å²) in [5.74, 6) is -0.0617. The van der Waals surface area contributed by atoms with Gasteiger partial charge in [0, 0.05) is 23.6 Å². The van der Waals surface area contributed by atoms with Crippen LogP contribution in [0.5, 0.6) is 0 Å². The maximum atomic E-state index is 12.4. The van der Waals surface area contributed by atoms with E-state index in [0.29, 0.717) is 17.8 Å². The van der Waals surface area contributed by atoms with Crippen molar-refractivity contribution in [2.75, 3.05) is 5.32 Å². The van der Waals surface area contributed by atoms with Crippen LogP contribution >= 0.6 is 22.9 Å². The van der Waals surface area contributed by atoms with Gasteiger partial charge < -0.3 is 5.32 Å². The number of hydrogen-bond donors (Lipinski definition) is 1. The summed E-state index contributed by atoms with van der Waals surface area (Å²) in [7, 11) is 0. The zero-order valence-corrected chi connectivity index (χ0v) is 17.8. The predicted molar refractivity (Wildman–Crippen MR) is 123 cm³/mol. The normalized spacial score (nSPS) is 11.0. The van der Waals surface area contributed by atoms with E-state index in [2.05, 4.69) is 15.3 Å². The maximum absolute atomic E-state index is 12.4. The molecule has 0 radical (unpaired) electrons. The highest BCUT2D eigenvalue weighted by Crippen LogP contribution is 2.35. The second-order valence-corrected chi connectivity index (χ2v) is 8.02. The molecule has 4 aromatic heterocycles. The number of nitrogens with one attached hydrogen (secondary N) is 1. The fourth-order valence-electron chi connectivity index (χ4n) is 3.46. The van der Waals surface area contributed by atoms with Gasteiger partial charge in [-0.3, -0.25) is 4.79 Å². The fourth-order valence-corrected chi connectivity index (χ4v) is 4.27. The SMILES string of the molecule is O=C(Cc1ccsc1)Nc1cccc(-c2nn3ccccc3c2-c2ccnc(Cl)n2)c1. The number of fused-ring (bicyclic) bond motifs is 1. The predicted octanol–water partition coefficient (Wildman–Crippen LogP) is 5.35. The van der Waals surface area contributed by atoms with Crippen molar-refractivity contribution in [1.29, 1.82) is 0 Å². The van der Waals surface area contributed by atoms with Crippen molar-refractivity contribution in [2.45, 2.75) is 6.42 Å². The first-order chi connectivity index (χ1) is 15.2. The van der Waals surface area contributed by atoms with Gasteiger partial charge >= 0.3 is 0 Å². The Bertz CT molecular complexity index is 1380. The average Bonchev–Trinajstić information content (AvgIpc) is 3.41. The highest BCUT2D eigenvalue weighted by atomic mass is 35.5. The lowest BCUT2D eigenvalue weighted by Crippen LogP contribution is -2.13. The second-order valence-electron chi connectivity index (χ2n) is 6.90. The van der Waals surface area contributed by atoms with E-state index in [0.717, 1.165) is 27.9 Å². The molecule has 1 N–H and O–H groups in total. The molecule has 5 rings (SSSR count). The van der Waals surface area contributed by atoms with E-state index in [-0.39, 0.29) is 11.2 Å². The van der Waals surface area contributed by atoms with Gasteiger partial charge in [0.05, 0.1) is 23.2 Å². The van der Waals surface area contributed by atoms with E-state index < -0.39 is 0 Å². The van der Waals surface area contributed by atoms with Crippen molar-refractivity contribution < 1.29 is 4.79 Å². The van der Waals surface area contributed by atoms with Crippen molar-refractivity contribution >= 4 is 40.0 Å². The summed E-state index contributed by atoms with van der Waals surface area (Å²) in [6.07, 6.45) is 3.85. The molecule has 1 aromatic carbocycles. The molecule has 0 bridgehead atoms. The van der Waals surface area contributed by atoms with Crippen LogP contribution in [0.15, 0.2) is 77.8 Å². The van der Waals surface area contributed by atoms with Gasteiger partial charge in [0.15, 0.2) is 0 Å². The Kier molecular flexibility index (Phi) is 5.19. The average molecular weight is 446 g/mol. The van der Waals surface area contributed by atoms with Crippen LogP contribution in [-0.4, -0.2) is 25.5 Å². The van der Waals surface area contributed by atoms with Gasteiger partial charge in [-0.2, -0.15) is 16.4 Å². The standard InChI is InChI=1S/C23H16ClN5OS/c24-23-25-9-7-18(27-23)21-19-6-1-2-10-29(19)28-22(21)16-4-3-5-17(13-16)26-20(30)12-15-8-11-31-14-15/h1-11,13-14H,12H2,(H,26,30). The summed E-state index contributed by atoms with van der Waals surface area (Å²) in [6.45, 7) is 0. The molecule has 0 saturated carbocycles. The van der Waals surface area contributed by atoms with Crippen LogP contribution in [0.3, 0.4) is 0 Å². The number of pyridine rings is 1. The fraction of sp³-hybridized carbons (Fsp3) is 0.0435. The van der Waals surface area contributed by atoms with Gasteiger partial charge in [0.1, 0.15) is 5.69 Å². The van der Waals surface area contributed by atoms with Gasteiger partial charge in [-0.05, 0) is 64.3 Å². The first kappa shape index (κ1) is 19.4. The summed E-state index contributed by atoms with van der Waals surface area (Å²) in [5, 5.41) is 11.9. The molecule has 5 aromatic rings. The van der Waals surface area contributed by atoms with Crippen LogP contribution in [0.25, 0.3) is 28.0 Å². The molecule has 0 fully saturated rings. The third-order valence-corrected chi connectivity index (χ3v) is 5.70. The van der Waals surface area contributed by atoms with Crippen LogP contribution in [0.4, 0.5) is 5.69 Å². The van der Waals surface area contributed by atoms with Crippen LogP contribution in [0.2, 0.25) is 5.28 Å². The minimum absolute atomic E-state index is 0.0617. The molecule has 1 amide bonds. The Morgan fingerprint density at radius 3 is 2.90 bits per heavy atom. The van der Waals surface area contributed by atoms with E-state index in [9.17, 15) is 4.79 Å². The van der Waals surface area contributed by atoms with E-state index in [1.165, 1.54) is 0 Å². The topological polar surface area (TPSA) is 72.2 Å². The number of nitrogens with zero attached hydrogens (tertiary/aromatic N) is 4. The van der Waals surface area contributed by atoms with Crippen molar-refractivity contribution in [3.05, 3.63) is 88.6 Å². The molecule has 6 nitrogen and oxygen atoms in total. The molecule has 0 aliphatic heterocycles. The molecular formula is C23H16ClN5OS. The number of carbonyl (C=O) groups is 1. The van der Waals surface area contributed by atoms with E-state index in [1.54, 1.807) is 17.5 Å². The number of aromatic nitrogens is 4. The van der Waals surface area contributed by atoms with Crippen LogP contribution in [0, 0.1) is 0 Å². The lowest BCUT2D eigenvalue weighted by molar-refractivity contribution is -0.115. The lowest BCUT2D eigenvalue weighted by atomic mass is 10.0. The van der Waals surface area contributed by atoms with E-state index in [4.69, 9.17) is 16.7 Å². The second kappa shape index (κ2) is 8.29. The van der Waals surface area contributed by atoms with Crippen molar-refractivity contribution in [3.8, 4) is 22.5 Å². The molecule has 0 spiro atoms. The maximum Gasteiger partial charge on any atom is 0.228 e. The number of benzene rings is 1. The Labute approximate surface area is 187 Å². The first-order valence-electron chi connectivity index (χ1n) is 9.55. The Hall–Kier alpha value is -3.55. The molecule has 31 heavy (non-hydrogen) atoms. The molecule has 0 unspecified atom stereocenters. The highest BCUT2D eigenvalue weighted by molar-refractivity contribution is 7.08. The van der Waals surface area contributed by atoms with Crippen molar-refractivity contribution in [3.63, 3.8) is 0 Å². The smallest absolute Gasteiger partial charge is 0.228 e. The number of anilines is 1. The molecule has 4 heterocycles. The number of amides is 1. The molecule has 0 atom stereocenters. The minimum Gasteiger partial charge on any atom is -0.326 e. The number of rotatable bonds is 5. The lowest BCUT2D eigenvalue weighted by Gasteiger charge is -2.08. The van der Waals surface area contributed by atoms with Crippen LogP contribution < -0.4 is 5.32 Å². The van der Waals surface area contributed by atoms with Crippen molar-refractivity contribution in [2.24, 2.45) is 0 Å². The number of carbonyl (C=O) groups excluding carboxylic acids is 1. The summed E-state index contributed by atoms with van der Waals surface area (Å²) >= 11 is 7.64. The Morgan fingerprint density at radius 2 is 2.06 bits per heavy atom. The van der Waals surface area contributed by atoms with E-state index in [1.807, 2.05) is 76.1 Å². The zero-order chi connectivity index (χ0) is 21.2. The number of hydrogen-bond acceptors (Lipinski definition) is 5. The summed E-state index contributed by atoms with van der Waals surface area (Å²) in [4.78, 5) is 20.8. The largest absolute Gasteiger partial charge is 0.326 e. The number of thiophene rings is 1. The molecule has 0 saturated heterocycles. The molecule has 152 valence electrons. The Morgan fingerprint density at radius 1 is 1.13 bits per heavy atom. The summed E-state index contributed by atoms with van der Waals surface area (Å²) in [6, 6.07) is 17.3. The van der Waals surface area contributed by atoms with E-state index >= 15 is 0 Å². The first-order valence-corrected chi connectivity index (χ1v) is 10.9. The quantitative estimate of drug-likeness (QED) is 0.370.